The van der Waals surface area contributed by atoms with Crippen molar-refractivity contribution in [2.75, 3.05) is 6.54 Å². The van der Waals surface area contributed by atoms with Gasteiger partial charge in [0, 0.05) is 29.8 Å². The van der Waals surface area contributed by atoms with E-state index in [4.69, 9.17) is 0 Å². The number of aryl methyl sites for hydroxylation is 2. The van der Waals surface area contributed by atoms with Gasteiger partial charge in [-0.15, -0.1) is 0 Å². The quantitative estimate of drug-likeness (QED) is 0.680. The first-order valence-electron chi connectivity index (χ1n) is 7.60. The van der Waals surface area contributed by atoms with Gasteiger partial charge in [-0.1, -0.05) is 17.7 Å². The summed E-state index contributed by atoms with van der Waals surface area (Å²) in [6.07, 6.45) is 4.68. The molecular formula is C17H19N5. The van der Waals surface area contributed by atoms with Gasteiger partial charge in [0.15, 0.2) is 0 Å². The summed E-state index contributed by atoms with van der Waals surface area (Å²) in [6, 6.07) is 6.59. The molecule has 112 valence electrons. The van der Waals surface area contributed by atoms with Gasteiger partial charge in [-0.3, -0.25) is 5.10 Å². The normalized spacial score (nSPS) is 17.5. The zero-order chi connectivity index (χ0) is 15.1. The van der Waals surface area contributed by atoms with Crippen LogP contribution in [0.5, 0.6) is 0 Å². The van der Waals surface area contributed by atoms with Gasteiger partial charge in [-0.2, -0.15) is 5.10 Å². The Kier molecular flexibility index (Phi) is 3.08. The highest BCUT2D eigenvalue weighted by atomic mass is 15.1. The molecule has 1 aliphatic rings. The fourth-order valence-electron chi connectivity index (χ4n) is 3.21. The summed E-state index contributed by atoms with van der Waals surface area (Å²) in [5.41, 5.74) is 8.23. The molecule has 3 N–H and O–H groups in total. The summed E-state index contributed by atoms with van der Waals surface area (Å²) in [5.74, 6) is 0. The third-order valence-electron chi connectivity index (χ3n) is 4.39. The lowest BCUT2D eigenvalue weighted by atomic mass is 9.93. The number of rotatable bonds is 2. The molecule has 1 aliphatic heterocycles. The average Bonchev–Trinajstić information content (AvgIpc) is 3.17. The first-order chi connectivity index (χ1) is 10.7. The number of hydrogen-bond acceptors (Lipinski definition) is 3. The van der Waals surface area contributed by atoms with Crippen LogP contribution >= 0.6 is 0 Å². The zero-order valence-electron chi connectivity index (χ0n) is 12.8. The summed E-state index contributed by atoms with van der Waals surface area (Å²) < 4.78 is 0. The van der Waals surface area contributed by atoms with E-state index in [9.17, 15) is 0 Å². The third kappa shape index (κ3) is 2.05. The van der Waals surface area contributed by atoms with Crippen molar-refractivity contribution in [2.24, 2.45) is 0 Å². The van der Waals surface area contributed by atoms with Crippen LogP contribution < -0.4 is 5.32 Å². The van der Waals surface area contributed by atoms with E-state index < -0.39 is 0 Å². The van der Waals surface area contributed by atoms with Gasteiger partial charge in [-0.25, -0.2) is 4.98 Å². The Morgan fingerprint density at radius 1 is 1.23 bits per heavy atom. The number of H-pyrrole nitrogens is 2. The lowest BCUT2D eigenvalue weighted by Gasteiger charge is -2.23. The molecule has 0 aliphatic carbocycles. The van der Waals surface area contributed by atoms with E-state index in [1.807, 2.05) is 6.20 Å². The zero-order valence-corrected chi connectivity index (χ0v) is 12.8. The van der Waals surface area contributed by atoms with Crippen LogP contribution in [-0.4, -0.2) is 26.7 Å². The Balaban J connectivity index is 1.84. The molecule has 1 unspecified atom stereocenters. The van der Waals surface area contributed by atoms with Gasteiger partial charge >= 0.3 is 0 Å². The molecule has 5 heteroatoms. The lowest BCUT2D eigenvalue weighted by Crippen LogP contribution is -2.30. The van der Waals surface area contributed by atoms with E-state index in [0.29, 0.717) is 0 Å². The van der Waals surface area contributed by atoms with Gasteiger partial charge in [0.25, 0.3) is 0 Å². The van der Waals surface area contributed by atoms with E-state index >= 15 is 0 Å². The van der Waals surface area contributed by atoms with Gasteiger partial charge in [0.05, 0.1) is 30.0 Å². The van der Waals surface area contributed by atoms with Crippen LogP contribution in [0.15, 0.2) is 30.7 Å². The van der Waals surface area contributed by atoms with Crippen LogP contribution in [-0.2, 0) is 6.42 Å². The Bertz CT molecular complexity index is 814. The average molecular weight is 293 g/mol. The maximum absolute atomic E-state index is 4.51. The Hall–Kier alpha value is -2.40. The largest absolute Gasteiger partial charge is 0.348 e. The molecule has 0 fully saturated rings. The minimum atomic E-state index is 0.0867. The van der Waals surface area contributed by atoms with E-state index in [0.717, 1.165) is 29.9 Å². The topological polar surface area (TPSA) is 69.4 Å². The van der Waals surface area contributed by atoms with E-state index in [1.54, 1.807) is 6.33 Å². The van der Waals surface area contributed by atoms with Crippen LogP contribution in [0.4, 0.5) is 0 Å². The second-order valence-corrected chi connectivity index (χ2v) is 5.92. The molecule has 1 aromatic carbocycles. The Morgan fingerprint density at radius 3 is 3.05 bits per heavy atom. The van der Waals surface area contributed by atoms with Gasteiger partial charge in [-0.05, 0) is 25.5 Å². The SMILES string of the molecule is Cc1ccc(C)c(-c2[nH]ncc2C2NCCc3[nH]cnc32)c1. The molecule has 22 heavy (non-hydrogen) atoms. The maximum atomic E-state index is 4.51. The second-order valence-electron chi connectivity index (χ2n) is 5.92. The highest BCUT2D eigenvalue weighted by Gasteiger charge is 2.27. The molecule has 0 radical (unpaired) electrons. The fraction of sp³-hybridized carbons (Fsp3) is 0.294. The van der Waals surface area contributed by atoms with Crippen molar-refractivity contribution < 1.29 is 0 Å². The van der Waals surface area contributed by atoms with Crippen molar-refractivity contribution in [1.29, 1.82) is 0 Å². The number of nitrogens with zero attached hydrogens (tertiary/aromatic N) is 2. The minimum Gasteiger partial charge on any atom is -0.348 e. The Morgan fingerprint density at radius 2 is 2.14 bits per heavy atom. The van der Waals surface area contributed by atoms with Crippen molar-refractivity contribution in [1.82, 2.24) is 25.5 Å². The molecular weight excluding hydrogens is 274 g/mol. The van der Waals surface area contributed by atoms with E-state index in [-0.39, 0.29) is 6.04 Å². The highest BCUT2D eigenvalue weighted by molar-refractivity contribution is 5.68. The van der Waals surface area contributed by atoms with Crippen LogP contribution in [0, 0.1) is 13.8 Å². The summed E-state index contributed by atoms with van der Waals surface area (Å²) in [5, 5.41) is 11.0. The predicted octanol–water partition coefficient (Wildman–Crippen LogP) is 2.65. The summed E-state index contributed by atoms with van der Waals surface area (Å²) >= 11 is 0. The van der Waals surface area contributed by atoms with Crippen molar-refractivity contribution in [3.8, 4) is 11.3 Å². The molecule has 0 spiro atoms. The lowest BCUT2D eigenvalue weighted by molar-refractivity contribution is 0.554. The maximum Gasteiger partial charge on any atom is 0.0926 e. The molecule has 0 bridgehead atoms. The third-order valence-corrected chi connectivity index (χ3v) is 4.39. The predicted molar refractivity (Wildman–Crippen MR) is 85.6 cm³/mol. The number of imidazole rings is 1. The molecule has 2 aromatic heterocycles. The number of aromatic amines is 2. The number of nitrogens with one attached hydrogen (secondary N) is 3. The van der Waals surface area contributed by atoms with Crippen LogP contribution in [0.25, 0.3) is 11.3 Å². The van der Waals surface area contributed by atoms with E-state index in [2.05, 4.69) is 57.5 Å². The van der Waals surface area contributed by atoms with Crippen LogP contribution in [0.3, 0.4) is 0 Å². The smallest absolute Gasteiger partial charge is 0.0926 e. The molecule has 5 nitrogen and oxygen atoms in total. The molecule has 0 saturated heterocycles. The molecule has 3 aromatic rings. The molecule has 3 heterocycles. The first kappa shape index (κ1) is 13.3. The number of hydrogen-bond donors (Lipinski definition) is 3. The van der Waals surface area contributed by atoms with Gasteiger partial charge < -0.3 is 10.3 Å². The number of aromatic nitrogens is 4. The second kappa shape index (κ2) is 5.10. The van der Waals surface area contributed by atoms with Crippen LogP contribution in [0.1, 0.15) is 34.1 Å². The summed E-state index contributed by atoms with van der Waals surface area (Å²) in [7, 11) is 0. The Labute approximate surface area is 129 Å². The van der Waals surface area contributed by atoms with Crippen molar-refractivity contribution >= 4 is 0 Å². The monoisotopic (exact) mass is 293 g/mol. The number of benzene rings is 1. The van der Waals surface area contributed by atoms with Crippen molar-refractivity contribution in [3.05, 3.63) is 58.8 Å². The van der Waals surface area contributed by atoms with Crippen molar-refractivity contribution in [3.63, 3.8) is 0 Å². The molecule has 0 amide bonds. The van der Waals surface area contributed by atoms with E-state index in [1.165, 1.54) is 22.4 Å². The van der Waals surface area contributed by atoms with Crippen LogP contribution in [0.2, 0.25) is 0 Å². The van der Waals surface area contributed by atoms with Crippen molar-refractivity contribution in [2.45, 2.75) is 26.3 Å². The standard InChI is InChI=1S/C17H19N5/c1-10-3-4-11(2)12(7-10)15-13(8-21-22-15)16-17-14(5-6-18-16)19-9-20-17/h3-4,7-9,16,18H,5-6H2,1-2H3,(H,19,20)(H,21,22). The molecule has 4 rings (SSSR count). The summed E-state index contributed by atoms with van der Waals surface area (Å²) in [6.45, 7) is 5.19. The molecule has 0 saturated carbocycles. The number of fused-ring (bicyclic) bond motifs is 1. The minimum absolute atomic E-state index is 0.0867. The molecule has 1 atom stereocenters. The van der Waals surface area contributed by atoms with Gasteiger partial charge in [0.1, 0.15) is 0 Å². The summed E-state index contributed by atoms with van der Waals surface area (Å²) in [4.78, 5) is 7.76. The fourth-order valence-corrected chi connectivity index (χ4v) is 3.21. The van der Waals surface area contributed by atoms with Gasteiger partial charge in [0.2, 0.25) is 0 Å². The first-order valence-corrected chi connectivity index (χ1v) is 7.60. The highest BCUT2D eigenvalue weighted by Crippen LogP contribution is 2.34.